The molecule has 0 aromatic rings. The van der Waals surface area contributed by atoms with Crippen molar-refractivity contribution in [2.24, 2.45) is 0 Å². The third kappa shape index (κ3) is 4.95. The zero-order valence-electron chi connectivity index (χ0n) is 15.8. The van der Waals surface area contributed by atoms with Crippen molar-refractivity contribution in [1.29, 1.82) is 5.26 Å². The van der Waals surface area contributed by atoms with Gasteiger partial charge < -0.3 is 10.6 Å². The predicted molar refractivity (Wildman–Crippen MR) is 98.2 cm³/mol. The highest BCUT2D eigenvalue weighted by Gasteiger charge is 2.34. The molecule has 7 nitrogen and oxygen atoms in total. The molecule has 2 N–H and O–H groups in total. The van der Waals surface area contributed by atoms with Crippen LogP contribution in [0.3, 0.4) is 0 Å². The van der Waals surface area contributed by atoms with Crippen molar-refractivity contribution in [2.75, 3.05) is 32.7 Å². The average Bonchev–Trinajstić information content (AvgIpc) is 3.46. The fraction of sp³-hybridized carbons (Fsp3) is 0.842. The topological polar surface area (TPSA) is 88.5 Å². The van der Waals surface area contributed by atoms with Gasteiger partial charge in [0.1, 0.15) is 5.54 Å². The van der Waals surface area contributed by atoms with E-state index < -0.39 is 5.54 Å². The molecule has 0 radical (unpaired) electrons. The Morgan fingerprint density at radius 3 is 2.38 bits per heavy atom. The molecule has 1 heterocycles. The summed E-state index contributed by atoms with van der Waals surface area (Å²) in [5.74, 6) is 0.0633. The summed E-state index contributed by atoms with van der Waals surface area (Å²) < 4.78 is 0. The molecule has 1 aliphatic heterocycles. The van der Waals surface area contributed by atoms with Gasteiger partial charge in [-0.05, 0) is 32.6 Å². The summed E-state index contributed by atoms with van der Waals surface area (Å²) >= 11 is 0. The molecule has 2 saturated carbocycles. The Bertz CT molecular complexity index is 555. The van der Waals surface area contributed by atoms with E-state index in [1.807, 2.05) is 6.92 Å². The van der Waals surface area contributed by atoms with Crippen LogP contribution in [0, 0.1) is 11.3 Å². The normalized spacial score (nSPS) is 25.1. The molecule has 1 unspecified atom stereocenters. The number of nitrogens with one attached hydrogen (secondary N) is 2. The van der Waals surface area contributed by atoms with Gasteiger partial charge in [0, 0.05) is 32.2 Å². The summed E-state index contributed by atoms with van der Waals surface area (Å²) in [5.41, 5.74) is -0.660. The minimum Gasteiger partial charge on any atom is -0.352 e. The summed E-state index contributed by atoms with van der Waals surface area (Å²) in [6.07, 6.45) is 6.89. The van der Waals surface area contributed by atoms with E-state index in [1.54, 1.807) is 0 Å². The Morgan fingerprint density at radius 1 is 1.15 bits per heavy atom. The third-order valence-electron chi connectivity index (χ3n) is 5.92. The number of amides is 2. The standard InChI is InChI=1S/C19H31N5O2/c1-15(18(26)21-16-5-6-16)24-11-9-23(10-12-24)13-17(25)22-19(14-20)7-3-2-4-8-19/h15-16H,2-13H2,1H3,(H,21,26)(H,22,25). The van der Waals surface area contributed by atoms with Crippen molar-refractivity contribution in [3.8, 4) is 6.07 Å². The lowest BCUT2D eigenvalue weighted by atomic mass is 9.83. The van der Waals surface area contributed by atoms with Gasteiger partial charge in [0.15, 0.2) is 0 Å². The van der Waals surface area contributed by atoms with E-state index in [0.717, 1.165) is 71.1 Å². The maximum Gasteiger partial charge on any atom is 0.237 e. The molecule has 7 heteroatoms. The summed E-state index contributed by atoms with van der Waals surface area (Å²) in [7, 11) is 0. The zero-order chi connectivity index (χ0) is 18.6. The first-order valence-corrected chi connectivity index (χ1v) is 10.0. The van der Waals surface area contributed by atoms with Gasteiger partial charge in [0.2, 0.25) is 11.8 Å². The molecular formula is C19H31N5O2. The van der Waals surface area contributed by atoms with E-state index in [0.29, 0.717) is 12.6 Å². The zero-order valence-corrected chi connectivity index (χ0v) is 15.8. The third-order valence-corrected chi connectivity index (χ3v) is 5.92. The van der Waals surface area contributed by atoms with Gasteiger partial charge in [-0.2, -0.15) is 5.26 Å². The van der Waals surface area contributed by atoms with Gasteiger partial charge in [-0.25, -0.2) is 0 Å². The maximum atomic E-state index is 12.4. The molecule has 2 aliphatic carbocycles. The van der Waals surface area contributed by atoms with Crippen molar-refractivity contribution in [3.05, 3.63) is 0 Å². The summed E-state index contributed by atoms with van der Waals surface area (Å²) in [6.45, 7) is 5.41. The number of carbonyl (C=O) groups excluding carboxylic acids is 2. The summed E-state index contributed by atoms with van der Waals surface area (Å²) in [4.78, 5) is 28.9. The molecule has 26 heavy (non-hydrogen) atoms. The number of nitrogens with zero attached hydrogens (tertiary/aromatic N) is 3. The predicted octanol–water partition coefficient (Wildman–Crippen LogP) is 0.614. The van der Waals surface area contributed by atoms with Crippen molar-refractivity contribution >= 4 is 11.8 Å². The first-order chi connectivity index (χ1) is 12.5. The van der Waals surface area contributed by atoms with Crippen molar-refractivity contribution in [3.63, 3.8) is 0 Å². The van der Waals surface area contributed by atoms with E-state index in [-0.39, 0.29) is 17.9 Å². The van der Waals surface area contributed by atoms with E-state index in [9.17, 15) is 14.9 Å². The van der Waals surface area contributed by atoms with Crippen LogP contribution in [0.1, 0.15) is 51.9 Å². The molecule has 0 bridgehead atoms. The van der Waals surface area contributed by atoms with Crippen LogP contribution in [-0.4, -0.2) is 72.0 Å². The second-order valence-corrected chi connectivity index (χ2v) is 8.07. The number of carbonyl (C=O) groups is 2. The highest BCUT2D eigenvalue weighted by molar-refractivity contribution is 5.82. The highest BCUT2D eigenvalue weighted by atomic mass is 16.2. The monoisotopic (exact) mass is 361 g/mol. The average molecular weight is 361 g/mol. The minimum atomic E-state index is -0.660. The Labute approximate surface area is 156 Å². The molecule has 3 aliphatic rings. The van der Waals surface area contributed by atoms with Gasteiger partial charge in [-0.15, -0.1) is 0 Å². The molecule has 1 saturated heterocycles. The largest absolute Gasteiger partial charge is 0.352 e. The summed E-state index contributed by atoms with van der Waals surface area (Å²) in [5, 5.41) is 15.5. The van der Waals surface area contributed by atoms with Crippen LogP contribution in [0.4, 0.5) is 0 Å². The Balaban J connectivity index is 1.41. The lowest BCUT2D eigenvalue weighted by molar-refractivity contribution is -0.128. The van der Waals surface area contributed by atoms with Crippen LogP contribution in [0.5, 0.6) is 0 Å². The minimum absolute atomic E-state index is 0.0542. The van der Waals surface area contributed by atoms with Gasteiger partial charge >= 0.3 is 0 Å². The first kappa shape index (κ1) is 19.1. The van der Waals surface area contributed by atoms with Crippen LogP contribution in [0.15, 0.2) is 0 Å². The Kier molecular flexibility index (Phi) is 6.15. The van der Waals surface area contributed by atoms with Gasteiger partial charge in [-0.1, -0.05) is 19.3 Å². The smallest absolute Gasteiger partial charge is 0.237 e. The molecule has 0 aromatic heterocycles. The number of nitriles is 1. The second kappa shape index (κ2) is 8.36. The SMILES string of the molecule is CC(C(=O)NC1CC1)N1CCN(CC(=O)NC2(C#N)CCCCC2)CC1. The molecule has 1 atom stereocenters. The van der Waals surface area contributed by atoms with Crippen LogP contribution in [0.2, 0.25) is 0 Å². The van der Waals surface area contributed by atoms with Crippen molar-refractivity contribution in [2.45, 2.75) is 69.5 Å². The molecule has 0 aromatic carbocycles. The number of piperazine rings is 1. The highest BCUT2D eigenvalue weighted by Crippen LogP contribution is 2.27. The number of hydrogen-bond donors (Lipinski definition) is 2. The first-order valence-electron chi connectivity index (χ1n) is 10.0. The fourth-order valence-electron chi connectivity index (χ4n) is 3.95. The van der Waals surface area contributed by atoms with E-state index in [1.165, 1.54) is 0 Å². The Morgan fingerprint density at radius 2 is 1.81 bits per heavy atom. The van der Waals surface area contributed by atoms with Crippen LogP contribution in [0.25, 0.3) is 0 Å². The number of rotatable bonds is 6. The lowest BCUT2D eigenvalue weighted by Crippen LogP contribution is -2.57. The lowest BCUT2D eigenvalue weighted by Gasteiger charge is -2.38. The molecule has 2 amide bonds. The van der Waals surface area contributed by atoms with Crippen molar-refractivity contribution in [1.82, 2.24) is 20.4 Å². The maximum absolute atomic E-state index is 12.4. The number of hydrogen-bond acceptors (Lipinski definition) is 5. The quantitative estimate of drug-likeness (QED) is 0.724. The van der Waals surface area contributed by atoms with Crippen LogP contribution in [-0.2, 0) is 9.59 Å². The van der Waals surface area contributed by atoms with Crippen LogP contribution < -0.4 is 10.6 Å². The molecule has 0 spiro atoms. The van der Waals surface area contributed by atoms with E-state index >= 15 is 0 Å². The summed E-state index contributed by atoms with van der Waals surface area (Å²) in [6, 6.07) is 2.61. The van der Waals surface area contributed by atoms with Gasteiger partial charge in [0.05, 0.1) is 18.7 Å². The second-order valence-electron chi connectivity index (χ2n) is 8.07. The molecule has 144 valence electrons. The molecule has 3 rings (SSSR count). The van der Waals surface area contributed by atoms with Crippen LogP contribution >= 0.6 is 0 Å². The van der Waals surface area contributed by atoms with E-state index in [2.05, 4.69) is 26.5 Å². The fourth-order valence-corrected chi connectivity index (χ4v) is 3.95. The van der Waals surface area contributed by atoms with Gasteiger partial charge in [-0.3, -0.25) is 19.4 Å². The molecular weight excluding hydrogens is 330 g/mol. The Hall–Kier alpha value is -1.65. The van der Waals surface area contributed by atoms with Crippen molar-refractivity contribution < 1.29 is 9.59 Å². The molecule has 3 fully saturated rings. The van der Waals surface area contributed by atoms with E-state index in [4.69, 9.17) is 0 Å². The van der Waals surface area contributed by atoms with Gasteiger partial charge in [0.25, 0.3) is 0 Å².